The topological polar surface area (TPSA) is 95.1 Å². The van der Waals surface area contributed by atoms with Gasteiger partial charge >= 0.3 is 11.9 Å². The lowest BCUT2D eigenvalue weighted by molar-refractivity contribution is -0.146. The summed E-state index contributed by atoms with van der Waals surface area (Å²) in [6, 6.07) is 15.8. The van der Waals surface area contributed by atoms with Gasteiger partial charge in [-0.05, 0) is 60.1 Å². The van der Waals surface area contributed by atoms with E-state index in [2.05, 4.69) is 48.7 Å². The van der Waals surface area contributed by atoms with Crippen LogP contribution in [0.2, 0.25) is 0 Å². The highest BCUT2D eigenvalue weighted by molar-refractivity contribution is 6.18. The summed E-state index contributed by atoms with van der Waals surface area (Å²) in [5, 5.41) is 6.11. The highest BCUT2D eigenvalue weighted by atomic mass is 35.5. The number of nitrogens with one attached hydrogen (secondary N) is 2. The number of benzene rings is 2. The van der Waals surface area contributed by atoms with E-state index in [1.165, 1.54) is 11.1 Å². The van der Waals surface area contributed by atoms with E-state index in [-0.39, 0.29) is 51.2 Å². The molecule has 0 saturated carbocycles. The van der Waals surface area contributed by atoms with Gasteiger partial charge in [-0.1, -0.05) is 38.1 Å². The van der Waals surface area contributed by atoms with Gasteiger partial charge in [0.1, 0.15) is 24.7 Å². The highest BCUT2D eigenvalue weighted by Crippen LogP contribution is 2.38. The van der Waals surface area contributed by atoms with Gasteiger partial charge in [0.15, 0.2) is 13.2 Å². The molecule has 0 spiro atoms. The van der Waals surface area contributed by atoms with Crippen molar-refractivity contribution in [2.75, 3.05) is 64.4 Å². The fraction of sp³-hybridized carbons (Fsp3) is 0.533. The summed E-state index contributed by atoms with van der Waals surface area (Å²) in [5.74, 6) is 2.06. The van der Waals surface area contributed by atoms with Crippen LogP contribution in [0.3, 0.4) is 0 Å². The Morgan fingerprint density at radius 3 is 1.31 bits per heavy atom. The average molecular weight is 671 g/mol. The van der Waals surface area contributed by atoms with Crippen LogP contribution in [0.4, 0.5) is 0 Å². The molecule has 2 rings (SSSR count). The molecule has 2 atom stereocenters. The van der Waals surface area contributed by atoms with E-state index >= 15 is 0 Å². The summed E-state index contributed by atoms with van der Waals surface area (Å²) in [6.07, 6.45) is 1.93. The van der Waals surface area contributed by atoms with Gasteiger partial charge in [0, 0.05) is 37.9 Å². The molecule has 8 nitrogen and oxygen atoms in total. The minimum absolute atomic E-state index is 0. The zero-order valence-corrected chi connectivity index (χ0v) is 27.4. The third-order valence-corrected chi connectivity index (χ3v) is 6.70. The summed E-state index contributed by atoms with van der Waals surface area (Å²) < 4.78 is 21.5. The van der Waals surface area contributed by atoms with E-state index in [0.717, 1.165) is 12.8 Å². The summed E-state index contributed by atoms with van der Waals surface area (Å²) in [4.78, 5) is 23.8. The quantitative estimate of drug-likeness (QED) is 0.0991. The number of halogens is 4. The Morgan fingerprint density at radius 1 is 0.643 bits per heavy atom. The molecule has 0 saturated heterocycles. The normalized spacial score (nSPS) is 11.8. The number of hydrogen-bond donors (Lipinski definition) is 2. The van der Waals surface area contributed by atoms with Crippen molar-refractivity contribution in [1.82, 2.24) is 10.6 Å². The van der Waals surface area contributed by atoms with Gasteiger partial charge in [-0.15, -0.1) is 48.0 Å². The second-order valence-electron chi connectivity index (χ2n) is 9.06. The molecule has 0 radical (unpaired) electrons. The van der Waals surface area contributed by atoms with E-state index in [4.69, 9.17) is 42.1 Å². The maximum absolute atomic E-state index is 11.9. The van der Waals surface area contributed by atoms with Crippen LogP contribution in [0, 0.1) is 0 Å². The molecular weight excluding hydrogens is 626 g/mol. The van der Waals surface area contributed by atoms with Crippen molar-refractivity contribution < 1.29 is 28.5 Å². The highest BCUT2D eigenvalue weighted by Gasteiger charge is 2.22. The standard InChI is InChI=1S/C30H42Cl2N2O6.2ClH/c1-3-27(23-5-9-25(10-6-23)39-21-29(35)37-19-17-33-15-13-31)28(4-2)24-7-11-26(12-8-24)40-22-30(36)38-20-18-34-16-14-32;;/h5-12,27-28,33-34H,3-4,13-22H2,1-2H3;2*1H. The molecule has 2 N–H and O–H groups in total. The number of esters is 2. The third-order valence-electron chi connectivity index (χ3n) is 6.32. The van der Waals surface area contributed by atoms with Crippen molar-refractivity contribution in [2.45, 2.75) is 38.5 Å². The van der Waals surface area contributed by atoms with Crippen LogP contribution in [-0.4, -0.2) is 76.3 Å². The monoisotopic (exact) mass is 668 g/mol. The Labute approximate surface area is 272 Å². The van der Waals surface area contributed by atoms with Crippen molar-refractivity contribution in [3.63, 3.8) is 0 Å². The minimum atomic E-state index is -0.408. The number of alkyl halides is 2. The van der Waals surface area contributed by atoms with Gasteiger partial charge in [0.2, 0.25) is 0 Å². The van der Waals surface area contributed by atoms with Crippen LogP contribution < -0.4 is 20.1 Å². The second-order valence-corrected chi connectivity index (χ2v) is 9.82. The van der Waals surface area contributed by atoms with Gasteiger partial charge in [-0.25, -0.2) is 9.59 Å². The summed E-state index contributed by atoms with van der Waals surface area (Å²) >= 11 is 11.2. The fourth-order valence-corrected chi connectivity index (χ4v) is 4.62. The Morgan fingerprint density at radius 2 is 1.00 bits per heavy atom. The number of carbonyl (C=O) groups excluding carboxylic acids is 2. The first-order valence-corrected chi connectivity index (χ1v) is 14.9. The second kappa shape index (κ2) is 24.5. The molecule has 0 bridgehead atoms. The molecule has 42 heavy (non-hydrogen) atoms. The molecule has 238 valence electrons. The minimum Gasteiger partial charge on any atom is -0.482 e. The van der Waals surface area contributed by atoms with Crippen LogP contribution in [0.25, 0.3) is 0 Å². The van der Waals surface area contributed by atoms with Crippen LogP contribution in [-0.2, 0) is 19.1 Å². The maximum Gasteiger partial charge on any atom is 0.344 e. The van der Waals surface area contributed by atoms with Crippen LogP contribution in [0.1, 0.15) is 49.7 Å². The molecule has 0 aromatic heterocycles. The third kappa shape index (κ3) is 15.5. The molecule has 12 heteroatoms. The first-order valence-electron chi connectivity index (χ1n) is 13.8. The van der Waals surface area contributed by atoms with E-state index < -0.39 is 11.9 Å². The van der Waals surface area contributed by atoms with Crippen LogP contribution in [0.5, 0.6) is 11.5 Å². The maximum atomic E-state index is 11.9. The summed E-state index contributed by atoms with van der Waals surface area (Å²) in [5.41, 5.74) is 2.41. The van der Waals surface area contributed by atoms with Gasteiger partial charge < -0.3 is 29.6 Å². The molecular formula is C30H44Cl4N2O6. The van der Waals surface area contributed by atoms with E-state index in [1.54, 1.807) is 0 Å². The lowest BCUT2D eigenvalue weighted by Gasteiger charge is -2.26. The lowest BCUT2D eigenvalue weighted by Crippen LogP contribution is -2.24. The molecule has 2 unspecified atom stereocenters. The predicted octanol–water partition coefficient (Wildman–Crippen LogP) is 5.72. The molecule has 0 fully saturated rings. The Hall–Kier alpha value is -1.94. The average Bonchev–Trinajstić information content (AvgIpc) is 2.98. The zero-order chi connectivity index (χ0) is 29.0. The largest absolute Gasteiger partial charge is 0.482 e. The number of hydrogen-bond acceptors (Lipinski definition) is 8. The van der Waals surface area contributed by atoms with Gasteiger partial charge in [0.25, 0.3) is 0 Å². The molecule has 0 heterocycles. The van der Waals surface area contributed by atoms with Crippen molar-refractivity contribution in [2.24, 2.45) is 0 Å². The van der Waals surface area contributed by atoms with Crippen LogP contribution >= 0.6 is 48.0 Å². The number of carbonyl (C=O) groups is 2. The summed E-state index contributed by atoms with van der Waals surface area (Å²) in [6.45, 7) is 7.12. The van der Waals surface area contributed by atoms with Crippen molar-refractivity contribution >= 4 is 60.0 Å². The van der Waals surface area contributed by atoms with Crippen molar-refractivity contribution in [3.05, 3.63) is 59.7 Å². The van der Waals surface area contributed by atoms with Crippen molar-refractivity contribution in [1.29, 1.82) is 0 Å². The van der Waals surface area contributed by atoms with Gasteiger partial charge in [0.05, 0.1) is 0 Å². The van der Waals surface area contributed by atoms with Crippen LogP contribution in [0.15, 0.2) is 48.5 Å². The van der Waals surface area contributed by atoms with Gasteiger partial charge in [-0.3, -0.25) is 0 Å². The number of ether oxygens (including phenoxy) is 4. The molecule has 0 amide bonds. The Balaban J connectivity index is 0.00000840. The smallest absolute Gasteiger partial charge is 0.344 e. The summed E-state index contributed by atoms with van der Waals surface area (Å²) in [7, 11) is 0. The van der Waals surface area contributed by atoms with E-state index in [1.807, 2.05) is 24.3 Å². The molecule has 2 aromatic rings. The fourth-order valence-electron chi connectivity index (χ4n) is 4.35. The molecule has 2 aromatic carbocycles. The SMILES string of the molecule is CCC(c1ccc(OCC(=O)OCCNCCCl)cc1)C(CC)c1ccc(OCC(=O)OCCNCCCl)cc1.Cl.Cl. The Kier molecular flexibility index (Phi) is 23.4. The van der Waals surface area contributed by atoms with E-state index in [0.29, 0.717) is 61.3 Å². The molecule has 0 aliphatic heterocycles. The Bertz CT molecular complexity index is 903. The molecule has 0 aliphatic carbocycles. The van der Waals surface area contributed by atoms with E-state index in [9.17, 15) is 9.59 Å². The lowest BCUT2D eigenvalue weighted by atomic mass is 9.78. The predicted molar refractivity (Wildman–Crippen MR) is 174 cm³/mol. The van der Waals surface area contributed by atoms with Crippen molar-refractivity contribution in [3.8, 4) is 11.5 Å². The molecule has 0 aliphatic rings. The first-order chi connectivity index (χ1) is 19.5. The zero-order valence-electron chi connectivity index (χ0n) is 24.3. The van der Waals surface area contributed by atoms with Gasteiger partial charge in [-0.2, -0.15) is 0 Å². The first kappa shape index (κ1) is 40.1. The number of rotatable bonds is 21.